The third-order valence-electron chi connectivity index (χ3n) is 3.51. The molecule has 0 aliphatic carbocycles. The van der Waals surface area contributed by atoms with Crippen molar-refractivity contribution in [3.8, 4) is 0 Å². The minimum absolute atomic E-state index is 0.0567. The predicted octanol–water partition coefficient (Wildman–Crippen LogP) is 1.74. The number of aliphatic carboxylic acids is 1. The van der Waals surface area contributed by atoms with Gasteiger partial charge >= 0.3 is 5.97 Å². The van der Waals surface area contributed by atoms with E-state index in [9.17, 15) is 4.79 Å². The second-order valence-electron chi connectivity index (χ2n) is 5.78. The second-order valence-corrected chi connectivity index (χ2v) is 5.78. The third-order valence-corrected chi connectivity index (χ3v) is 3.51. The van der Waals surface area contributed by atoms with Crippen molar-refractivity contribution >= 4 is 5.97 Å². The van der Waals surface area contributed by atoms with Gasteiger partial charge in [-0.1, -0.05) is 0 Å². The standard InChI is InChI=1S/C12H23NO3/c1-11(2)7-6-9(16-11)8-13(5)12(3,4)10(14)15/h9H,6-8H2,1-5H3,(H,14,15). The van der Waals surface area contributed by atoms with E-state index in [1.165, 1.54) is 0 Å². The molecular formula is C12H23NO3. The number of hydrogen-bond donors (Lipinski definition) is 1. The van der Waals surface area contributed by atoms with Crippen LogP contribution in [0, 0.1) is 0 Å². The van der Waals surface area contributed by atoms with E-state index in [4.69, 9.17) is 9.84 Å². The summed E-state index contributed by atoms with van der Waals surface area (Å²) in [5, 5.41) is 9.11. The lowest BCUT2D eigenvalue weighted by Gasteiger charge is -2.33. The highest BCUT2D eigenvalue weighted by molar-refractivity contribution is 5.77. The molecule has 16 heavy (non-hydrogen) atoms. The highest BCUT2D eigenvalue weighted by Crippen LogP contribution is 2.30. The van der Waals surface area contributed by atoms with Crippen molar-refractivity contribution in [2.45, 2.75) is 57.8 Å². The molecule has 0 saturated carbocycles. The average Bonchev–Trinajstić information content (AvgIpc) is 2.45. The molecule has 0 spiro atoms. The van der Waals surface area contributed by atoms with Crippen LogP contribution < -0.4 is 0 Å². The smallest absolute Gasteiger partial charge is 0.323 e. The van der Waals surface area contributed by atoms with E-state index in [0.29, 0.717) is 6.54 Å². The molecule has 0 bridgehead atoms. The summed E-state index contributed by atoms with van der Waals surface area (Å²) in [6.07, 6.45) is 2.20. The summed E-state index contributed by atoms with van der Waals surface area (Å²) in [5.74, 6) is -0.799. The van der Waals surface area contributed by atoms with Gasteiger partial charge in [0, 0.05) is 6.54 Å². The molecule has 1 N–H and O–H groups in total. The average molecular weight is 229 g/mol. The van der Waals surface area contributed by atoms with E-state index in [1.54, 1.807) is 13.8 Å². The summed E-state index contributed by atoms with van der Waals surface area (Å²) in [7, 11) is 1.84. The lowest BCUT2D eigenvalue weighted by Crippen LogP contribution is -2.50. The van der Waals surface area contributed by atoms with Crippen molar-refractivity contribution in [1.29, 1.82) is 0 Å². The van der Waals surface area contributed by atoms with Crippen LogP contribution in [0.1, 0.15) is 40.5 Å². The van der Waals surface area contributed by atoms with Crippen molar-refractivity contribution in [3.63, 3.8) is 0 Å². The zero-order chi connectivity index (χ0) is 12.6. The summed E-state index contributed by atoms with van der Waals surface area (Å²) >= 11 is 0. The Morgan fingerprint density at radius 1 is 1.56 bits per heavy atom. The summed E-state index contributed by atoms with van der Waals surface area (Å²) in [5.41, 5.74) is -0.894. The van der Waals surface area contributed by atoms with Crippen molar-refractivity contribution in [3.05, 3.63) is 0 Å². The van der Waals surface area contributed by atoms with Crippen LogP contribution in [-0.4, -0.2) is 46.8 Å². The van der Waals surface area contributed by atoms with E-state index in [0.717, 1.165) is 12.8 Å². The van der Waals surface area contributed by atoms with Gasteiger partial charge in [0.1, 0.15) is 5.54 Å². The topological polar surface area (TPSA) is 49.8 Å². The predicted molar refractivity (Wildman–Crippen MR) is 62.5 cm³/mol. The van der Waals surface area contributed by atoms with Crippen molar-refractivity contribution in [2.24, 2.45) is 0 Å². The molecule has 4 nitrogen and oxygen atoms in total. The van der Waals surface area contributed by atoms with Crippen LogP contribution in [0.15, 0.2) is 0 Å². The quantitative estimate of drug-likeness (QED) is 0.797. The SMILES string of the molecule is CN(CC1CCC(C)(C)O1)C(C)(C)C(=O)O. The molecule has 0 amide bonds. The van der Waals surface area contributed by atoms with Crippen molar-refractivity contribution in [1.82, 2.24) is 4.90 Å². The zero-order valence-electron chi connectivity index (χ0n) is 10.9. The van der Waals surface area contributed by atoms with Gasteiger partial charge in [-0.3, -0.25) is 9.69 Å². The monoisotopic (exact) mass is 229 g/mol. The number of ether oxygens (including phenoxy) is 1. The molecule has 1 unspecified atom stereocenters. The summed E-state index contributed by atoms with van der Waals surface area (Å²) in [4.78, 5) is 12.9. The van der Waals surface area contributed by atoms with E-state index in [-0.39, 0.29) is 11.7 Å². The minimum Gasteiger partial charge on any atom is -0.480 e. The Labute approximate surface area is 97.6 Å². The molecule has 1 aliphatic rings. The van der Waals surface area contributed by atoms with Crippen LogP contribution in [0.5, 0.6) is 0 Å². The first-order valence-corrected chi connectivity index (χ1v) is 5.77. The van der Waals surface area contributed by atoms with Crippen LogP contribution in [0.2, 0.25) is 0 Å². The molecule has 94 valence electrons. The van der Waals surface area contributed by atoms with Crippen LogP contribution in [0.3, 0.4) is 0 Å². The van der Waals surface area contributed by atoms with E-state index in [1.807, 2.05) is 11.9 Å². The van der Waals surface area contributed by atoms with Gasteiger partial charge in [-0.25, -0.2) is 0 Å². The molecule has 1 rings (SSSR count). The summed E-state index contributed by atoms with van der Waals surface area (Å²) in [6.45, 7) is 8.26. The fourth-order valence-electron chi connectivity index (χ4n) is 1.90. The normalized spacial score (nSPS) is 25.0. The Kier molecular flexibility index (Phi) is 3.65. The van der Waals surface area contributed by atoms with E-state index in [2.05, 4.69) is 13.8 Å². The van der Waals surface area contributed by atoms with Gasteiger partial charge in [0.2, 0.25) is 0 Å². The maximum absolute atomic E-state index is 11.1. The lowest BCUT2D eigenvalue weighted by atomic mass is 10.0. The number of carboxylic acids is 1. The van der Waals surface area contributed by atoms with Gasteiger partial charge in [0.15, 0.2) is 0 Å². The molecule has 4 heteroatoms. The highest BCUT2D eigenvalue weighted by Gasteiger charge is 2.37. The molecule has 1 aliphatic heterocycles. The molecule has 0 aromatic carbocycles. The van der Waals surface area contributed by atoms with Crippen LogP contribution in [0.4, 0.5) is 0 Å². The maximum Gasteiger partial charge on any atom is 0.323 e. The van der Waals surface area contributed by atoms with Gasteiger partial charge in [-0.05, 0) is 47.6 Å². The third kappa shape index (κ3) is 2.95. The van der Waals surface area contributed by atoms with E-state index >= 15 is 0 Å². The Balaban J connectivity index is 2.53. The zero-order valence-corrected chi connectivity index (χ0v) is 10.9. The molecule has 1 atom stereocenters. The molecule has 1 saturated heterocycles. The maximum atomic E-state index is 11.1. The Bertz CT molecular complexity index is 273. The first-order chi connectivity index (χ1) is 7.15. The van der Waals surface area contributed by atoms with Crippen molar-refractivity contribution < 1.29 is 14.6 Å². The molecule has 0 aromatic rings. The Hall–Kier alpha value is -0.610. The highest BCUT2D eigenvalue weighted by atomic mass is 16.5. The van der Waals surface area contributed by atoms with Gasteiger partial charge < -0.3 is 9.84 Å². The Morgan fingerprint density at radius 3 is 2.50 bits per heavy atom. The number of rotatable bonds is 4. The summed E-state index contributed by atoms with van der Waals surface area (Å²) in [6, 6.07) is 0. The van der Waals surface area contributed by atoms with Gasteiger partial charge in [-0.15, -0.1) is 0 Å². The van der Waals surface area contributed by atoms with Gasteiger partial charge in [0.05, 0.1) is 11.7 Å². The largest absolute Gasteiger partial charge is 0.480 e. The lowest BCUT2D eigenvalue weighted by molar-refractivity contribution is -0.149. The van der Waals surface area contributed by atoms with Gasteiger partial charge in [0.25, 0.3) is 0 Å². The number of nitrogens with zero attached hydrogens (tertiary/aromatic N) is 1. The van der Waals surface area contributed by atoms with Crippen LogP contribution >= 0.6 is 0 Å². The molecule has 0 radical (unpaired) electrons. The fraction of sp³-hybridized carbons (Fsp3) is 0.917. The Morgan fingerprint density at radius 2 is 2.12 bits per heavy atom. The number of likely N-dealkylation sites (N-methyl/N-ethyl adjacent to an activating group) is 1. The molecular weight excluding hydrogens is 206 g/mol. The second kappa shape index (κ2) is 4.34. The van der Waals surface area contributed by atoms with Crippen LogP contribution in [-0.2, 0) is 9.53 Å². The van der Waals surface area contributed by atoms with Crippen molar-refractivity contribution in [2.75, 3.05) is 13.6 Å². The molecule has 1 fully saturated rings. The van der Waals surface area contributed by atoms with Gasteiger partial charge in [-0.2, -0.15) is 0 Å². The number of carboxylic acid groups (broad SMARTS) is 1. The molecule has 0 aromatic heterocycles. The van der Waals surface area contributed by atoms with Crippen LogP contribution in [0.25, 0.3) is 0 Å². The first kappa shape index (κ1) is 13.5. The number of carbonyl (C=O) groups is 1. The number of hydrogen-bond acceptors (Lipinski definition) is 3. The fourth-order valence-corrected chi connectivity index (χ4v) is 1.90. The minimum atomic E-state index is -0.837. The summed E-state index contributed by atoms with van der Waals surface area (Å²) < 4.78 is 5.86. The first-order valence-electron chi connectivity index (χ1n) is 5.77. The molecule has 1 heterocycles. The van der Waals surface area contributed by atoms with E-state index < -0.39 is 11.5 Å².